The third-order valence-corrected chi connectivity index (χ3v) is 3.32. The van der Waals surface area contributed by atoms with E-state index in [1.807, 2.05) is 13.8 Å². The number of hydrogen-bond acceptors (Lipinski definition) is 3. The number of rotatable bonds is 2. The van der Waals surface area contributed by atoms with Crippen LogP contribution in [0.4, 0.5) is 0 Å². The summed E-state index contributed by atoms with van der Waals surface area (Å²) >= 11 is 0. The van der Waals surface area contributed by atoms with Crippen molar-refractivity contribution in [2.45, 2.75) is 53.9 Å². The molecule has 1 N–H and O–H groups in total. The average molecular weight is 276 g/mol. The largest absolute Gasteiger partial charge is 0.507 e. The molecule has 0 aliphatic carbocycles. The summed E-state index contributed by atoms with van der Waals surface area (Å²) in [6, 6.07) is 2.97. The van der Waals surface area contributed by atoms with Gasteiger partial charge in [-0.2, -0.15) is 0 Å². The topological polar surface area (TPSA) is 50.4 Å². The van der Waals surface area contributed by atoms with Gasteiger partial charge in [-0.15, -0.1) is 0 Å². The Kier molecular flexibility index (Phi) is 5.81. The summed E-state index contributed by atoms with van der Waals surface area (Å²) in [5, 5.41) is 9.96. The van der Waals surface area contributed by atoms with E-state index in [-0.39, 0.29) is 16.6 Å². The zero-order chi connectivity index (χ0) is 15.3. The summed E-state index contributed by atoms with van der Waals surface area (Å²) < 4.78 is 5.47. The second kappa shape index (κ2) is 7.13. The summed E-state index contributed by atoms with van der Waals surface area (Å²) in [6.45, 7) is 9.89. The highest BCUT2D eigenvalue weighted by Crippen LogP contribution is 2.27. The van der Waals surface area contributed by atoms with Gasteiger partial charge in [-0.25, -0.2) is 0 Å². The zero-order valence-corrected chi connectivity index (χ0v) is 13.0. The Balaban J connectivity index is 0.000000347. The molecule has 2 rings (SSSR count). The molecule has 0 aliphatic heterocycles. The SMILES string of the molecule is CCCCC.Cc1cc(=O)c2c(O)cc(C)c(C)c2o1. The molecular formula is C17H24O3. The molecule has 0 saturated heterocycles. The second-order valence-corrected chi connectivity index (χ2v) is 5.12. The fourth-order valence-electron chi connectivity index (χ4n) is 2.03. The fraction of sp³-hybridized carbons (Fsp3) is 0.471. The molecule has 0 amide bonds. The summed E-state index contributed by atoms with van der Waals surface area (Å²) in [4.78, 5) is 11.7. The van der Waals surface area contributed by atoms with E-state index in [4.69, 9.17) is 4.42 Å². The van der Waals surface area contributed by atoms with E-state index in [9.17, 15) is 9.90 Å². The maximum atomic E-state index is 11.7. The molecule has 0 aliphatic rings. The number of aryl methyl sites for hydroxylation is 3. The van der Waals surface area contributed by atoms with Crippen LogP contribution in [-0.2, 0) is 0 Å². The van der Waals surface area contributed by atoms with Crippen molar-refractivity contribution in [1.82, 2.24) is 0 Å². The minimum atomic E-state index is -0.200. The van der Waals surface area contributed by atoms with Crippen LogP contribution in [0.5, 0.6) is 5.75 Å². The molecule has 0 saturated carbocycles. The van der Waals surface area contributed by atoms with Gasteiger partial charge in [-0.1, -0.05) is 33.1 Å². The van der Waals surface area contributed by atoms with Crippen LogP contribution in [0.3, 0.4) is 0 Å². The van der Waals surface area contributed by atoms with Gasteiger partial charge in [0.1, 0.15) is 22.5 Å². The Bertz CT molecular complexity index is 637. The summed E-state index contributed by atoms with van der Waals surface area (Å²) in [6.07, 6.45) is 4.08. The third-order valence-electron chi connectivity index (χ3n) is 3.32. The quantitative estimate of drug-likeness (QED) is 0.870. The number of aromatic hydroxyl groups is 1. The summed E-state index contributed by atoms with van der Waals surface area (Å²) in [7, 11) is 0. The number of unbranched alkanes of at least 4 members (excludes halogenated alkanes) is 2. The molecule has 110 valence electrons. The van der Waals surface area contributed by atoms with Crippen LogP contribution in [0, 0.1) is 20.8 Å². The molecule has 0 atom stereocenters. The fourth-order valence-corrected chi connectivity index (χ4v) is 2.03. The smallest absolute Gasteiger partial charge is 0.196 e. The van der Waals surface area contributed by atoms with Gasteiger partial charge in [0.2, 0.25) is 0 Å². The molecule has 3 nitrogen and oxygen atoms in total. The second-order valence-electron chi connectivity index (χ2n) is 5.12. The van der Waals surface area contributed by atoms with Crippen LogP contribution >= 0.6 is 0 Å². The first-order valence-corrected chi connectivity index (χ1v) is 7.15. The van der Waals surface area contributed by atoms with Crippen molar-refractivity contribution in [3.05, 3.63) is 39.2 Å². The lowest BCUT2D eigenvalue weighted by molar-refractivity contribution is 0.478. The van der Waals surface area contributed by atoms with Gasteiger partial charge < -0.3 is 9.52 Å². The van der Waals surface area contributed by atoms with E-state index in [1.54, 1.807) is 13.0 Å². The van der Waals surface area contributed by atoms with Crippen molar-refractivity contribution < 1.29 is 9.52 Å². The monoisotopic (exact) mass is 276 g/mol. The lowest BCUT2D eigenvalue weighted by atomic mass is 10.1. The zero-order valence-electron chi connectivity index (χ0n) is 13.0. The molecule has 0 unspecified atom stereocenters. The standard InChI is InChI=1S/C12H12O3.C5H12/c1-6-4-9(13)11-10(14)5-7(2)15-12(11)8(6)3;1-3-5-4-2/h4-5,13H,1-3H3;3-5H2,1-2H3. The first kappa shape index (κ1) is 16.3. The predicted molar refractivity (Wildman–Crippen MR) is 83.6 cm³/mol. The van der Waals surface area contributed by atoms with E-state index in [1.165, 1.54) is 25.3 Å². The molecule has 20 heavy (non-hydrogen) atoms. The van der Waals surface area contributed by atoms with Crippen LogP contribution in [-0.4, -0.2) is 5.11 Å². The van der Waals surface area contributed by atoms with Crippen molar-refractivity contribution in [1.29, 1.82) is 0 Å². The molecule has 3 heteroatoms. The van der Waals surface area contributed by atoms with Gasteiger partial charge in [0.15, 0.2) is 5.43 Å². The maximum Gasteiger partial charge on any atom is 0.196 e. The Hall–Kier alpha value is -1.77. The highest BCUT2D eigenvalue weighted by atomic mass is 16.3. The highest BCUT2D eigenvalue weighted by Gasteiger charge is 2.11. The van der Waals surface area contributed by atoms with Crippen LogP contribution in [0.2, 0.25) is 0 Å². The van der Waals surface area contributed by atoms with Gasteiger partial charge in [0.25, 0.3) is 0 Å². The van der Waals surface area contributed by atoms with Crippen molar-refractivity contribution in [2.75, 3.05) is 0 Å². The number of benzene rings is 1. The van der Waals surface area contributed by atoms with Gasteiger partial charge in [-0.3, -0.25) is 4.79 Å². The molecule has 0 fully saturated rings. The van der Waals surface area contributed by atoms with Crippen LogP contribution in [0.25, 0.3) is 11.0 Å². The van der Waals surface area contributed by atoms with Crippen LogP contribution in [0.1, 0.15) is 50.0 Å². The molecule has 2 aromatic rings. The molecule has 0 spiro atoms. The first-order valence-electron chi connectivity index (χ1n) is 7.15. The molecule has 1 aromatic carbocycles. The highest BCUT2D eigenvalue weighted by molar-refractivity contribution is 5.86. The van der Waals surface area contributed by atoms with E-state index in [0.29, 0.717) is 11.3 Å². The Morgan fingerprint density at radius 3 is 2.20 bits per heavy atom. The predicted octanol–water partition coefficient (Wildman–Crippen LogP) is 4.62. The number of phenolic OH excluding ortho intramolecular Hbond substituents is 1. The molecule has 1 aromatic heterocycles. The van der Waals surface area contributed by atoms with E-state index >= 15 is 0 Å². The van der Waals surface area contributed by atoms with Gasteiger partial charge in [0.05, 0.1) is 0 Å². The Morgan fingerprint density at radius 2 is 1.70 bits per heavy atom. The minimum Gasteiger partial charge on any atom is -0.507 e. The minimum absolute atomic E-state index is 0.0122. The molecule has 0 bridgehead atoms. The van der Waals surface area contributed by atoms with Crippen LogP contribution in [0.15, 0.2) is 21.3 Å². The van der Waals surface area contributed by atoms with E-state index in [0.717, 1.165) is 11.1 Å². The lowest BCUT2D eigenvalue weighted by Gasteiger charge is -2.06. The number of fused-ring (bicyclic) bond motifs is 1. The van der Waals surface area contributed by atoms with Crippen molar-refractivity contribution in [3.8, 4) is 5.75 Å². The lowest BCUT2D eigenvalue weighted by Crippen LogP contribution is -2.02. The molecule has 0 radical (unpaired) electrons. The van der Waals surface area contributed by atoms with Gasteiger partial charge in [-0.05, 0) is 38.0 Å². The average Bonchev–Trinajstić information content (AvgIpc) is 2.36. The number of hydrogen-bond donors (Lipinski definition) is 1. The molecular weight excluding hydrogens is 252 g/mol. The Morgan fingerprint density at radius 1 is 1.10 bits per heavy atom. The van der Waals surface area contributed by atoms with E-state index < -0.39 is 0 Å². The first-order chi connectivity index (χ1) is 9.42. The summed E-state index contributed by atoms with van der Waals surface area (Å²) in [5.74, 6) is 0.544. The normalized spacial score (nSPS) is 10.2. The van der Waals surface area contributed by atoms with Crippen molar-refractivity contribution >= 4 is 11.0 Å². The third kappa shape index (κ3) is 3.62. The molecule has 1 heterocycles. The van der Waals surface area contributed by atoms with Gasteiger partial charge in [0, 0.05) is 6.07 Å². The van der Waals surface area contributed by atoms with Crippen LogP contribution < -0.4 is 5.43 Å². The van der Waals surface area contributed by atoms with E-state index in [2.05, 4.69) is 13.8 Å². The number of phenols is 1. The Labute approximate surface area is 120 Å². The van der Waals surface area contributed by atoms with Gasteiger partial charge >= 0.3 is 0 Å². The van der Waals surface area contributed by atoms with Crippen molar-refractivity contribution in [2.24, 2.45) is 0 Å². The maximum absolute atomic E-state index is 11.7. The van der Waals surface area contributed by atoms with Crippen molar-refractivity contribution in [3.63, 3.8) is 0 Å². The summed E-state index contributed by atoms with van der Waals surface area (Å²) in [5.41, 5.74) is 2.09.